The molecule has 0 aliphatic heterocycles. The summed E-state index contributed by atoms with van der Waals surface area (Å²) >= 11 is 0. The molecule has 1 aromatic carbocycles. The molecule has 12 heavy (non-hydrogen) atoms. The quantitative estimate of drug-likeness (QED) is 0.690. The van der Waals surface area contributed by atoms with Crippen LogP contribution in [0.5, 0.6) is 5.75 Å². The lowest BCUT2D eigenvalue weighted by molar-refractivity contribution is 0.414. The van der Waals surface area contributed by atoms with Crippen LogP contribution in [0.25, 0.3) is 0 Å². The van der Waals surface area contributed by atoms with E-state index in [1.54, 1.807) is 31.4 Å². The van der Waals surface area contributed by atoms with Crippen LogP contribution in [0.4, 0.5) is 0 Å². The summed E-state index contributed by atoms with van der Waals surface area (Å²) < 4.78 is 4.95. The van der Waals surface area contributed by atoms with Gasteiger partial charge in [0.15, 0.2) is 6.17 Å². The summed E-state index contributed by atoms with van der Waals surface area (Å²) in [4.78, 5) is 10.1. The summed E-state index contributed by atoms with van der Waals surface area (Å²) in [6.45, 7) is 0. The summed E-state index contributed by atoms with van der Waals surface area (Å²) in [5.74, 6) is 0.673. The molecule has 0 bridgehead atoms. The van der Waals surface area contributed by atoms with E-state index in [0.29, 0.717) is 11.3 Å². The third kappa shape index (κ3) is 1.79. The Morgan fingerprint density at radius 1 is 1.58 bits per heavy atom. The summed E-state index contributed by atoms with van der Waals surface area (Å²) in [6.07, 6.45) is -0.805. The number of benzene rings is 1. The number of hydrogen-bond acceptors (Lipinski definition) is 4. The Bertz CT molecular complexity index is 276. The van der Waals surface area contributed by atoms with Gasteiger partial charge in [0, 0.05) is 0 Å². The normalized spacial score (nSPS) is 12.2. The van der Waals surface area contributed by atoms with Crippen molar-refractivity contribution < 1.29 is 4.74 Å². The van der Waals surface area contributed by atoms with E-state index in [9.17, 15) is 4.91 Å². The summed E-state index contributed by atoms with van der Waals surface area (Å²) in [7, 11) is 1.55. The molecule has 0 aliphatic rings. The highest BCUT2D eigenvalue weighted by atomic mass is 16.5. The van der Waals surface area contributed by atoms with Crippen molar-refractivity contribution >= 4 is 0 Å². The molecule has 64 valence electrons. The van der Waals surface area contributed by atoms with Crippen LogP contribution in [0, 0.1) is 4.91 Å². The second kappa shape index (κ2) is 3.82. The highest BCUT2D eigenvalue weighted by Gasteiger charge is 2.04. The number of ether oxygens (including phenoxy) is 1. The van der Waals surface area contributed by atoms with Crippen LogP contribution in [0.2, 0.25) is 0 Å². The molecule has 0 heterocycles. The molecule has 0 fully saturated rings. The molecule has 0 aliphatic carbocycles. The van der Waals surface area contributed by atoms with Gasteiger partial charge in [-0.15, -0.1) is 4.91 Å². The van der Waals surface area contributed by atoms with Crippen molar-refractivity contribution in [2.75, 3.05) is 7.11 Å². The van der Waals surface area contributed by atoms with Crippen LogP contribution >= 0.6 is 0 Å². The Morgan fingerprint density at radius 3 is 2.92 bits per heavy atom. The van der Waals surface area contributed by atoms with Crippen molar-refractivity contribution in [2.24, 2.45) is 10.9 Å². The maximum atomic E-state index is 10.1. The van der Waals surface area contributed by atoms with Crippen LogP contribution in [0.3, 0.4) is 0 Å². The van der Waals surface area contributed by atoms with Gasteiger partial charge in [-0.05, 0) is 22.9 Å². The van der Waals surface area contributed by atoms with Gasteiger partial charge in [-0.1, -0.05) is 12.1 Å². The minimum atomic E-state index is -0.805. The number of rotatable bonds is 3. The first kappa shape index (κ1) is 8.67. The fraction of sp³-hybridized carbons (Fsp3) is 0.250. The van der Waals surface area contributed by atoms with Crippen LogP contribution in [-0.4, -0.2) is 7.11 Å². The van der Waals surface area contributed by atoms with Gasteiger partial charge in [-0.25, -0.2) is 0 Å². The highest BCUT2D eigenvalue weighted by Crippen LogP contribution is 2.17. The van der Waals surface area contributed by atoms with Crippen LogP contribution < -0.4 is 10.5 Å². The van der Waals surface area contributed by atoms with Gasteiger partial charge in [0.25, 0.3) is 0 Å². The fourth-order valence-corrected chi connectivity index (χ4v) is 0.886. The maximum absolute atomic E-state index is 10.1. The third-order valence-corrected chi connectivity index (χ3v) is 1.55. The van der Waals surface area contributed by atoms with Crippen molar-refractivity contribution in [1.29, 1.82) is 0 Å². The Hall–Kier alpha value is -1.42. The summed E-state index contributed by atoms with van der Waals surface area (Å²) in [5, 5.41) is 2.71. The van der Waals surface area contributed by atoms with E-state index in [2.05, 4.69) is 5.18 Å². The fourth-order valence-electron chi connectivity index (χ4n) is 0.886. The third-order valence-electron chi connectivity index (χ3n) is 1.55. The minimum absolute atomic E-state index is 0.657. The average molecular weight is 166 g/mol. The largest absolute Gasteiger partial charge is 0.497 e. The minimum Gasteiger partial charge on any atom is -0.497 e. The number of nitrogens with two attached hydrogens (primary N) is 1. The van der Waals surface area contributed by atoms with Crippen molar-refractivity contribution in [3.63, 3.8) is 0 Å². The van der Waals surface area contributed by atoms with Crippen LogP contribution in [-0.2, 0) is 0 Å². The van der Waals surface area contributed by atoms with Crippen molar-refractivity contribution in [3.05, 3.63) is 34.7 Å². The standard InChI is InChI=1S/C8H10N2O2/c1-12-7-4-2-3-6(5-7)8(9)10-11/h2-5,8H,9H2,1H3/t8-/m0/s1. The Kier molecular flexibility index (Phi) is 2.76. The molecule has 0 aromatic heterocycles. The molecular formula is C8H10N2O2. The molecule has 1 rings (SSSR count). The van der Waals surface area contributed by atoms with E-state index in [1.165, 1.54) is 0 Å². The van der Waals surface area contributed by atoms with E-state index in [1.807, 2.05) is 0 Å². The van der Waals surface area contributed by atoms with E-state index in [4.69, 9.17) is 10.5 Å². The highest BCUT2D eigenvalue weighted by molar-refractivity contribution is 5.29. The van der Waals surface area contributed by atoms with Gasteiger partial charge in [0.05, 0.1) is 7.11 Å². The zero-order valence-corrected chi connectivity index (χ0v) is 6.73. The lowest BCUT2D eigenvalue weighted by Crippen LogP contribution is -2.05. The second-order valence-corrected chi connectivity index (χ2v) is 2.33. The molecule has 0 unspecified atom stereocenters. The summed E-state index contributed by atoms with van der Waals surface area (Å²) in [5.41, 5.74) is 6.04. The van der Waals surface area contributed by atoms with Crippen molar-refractivity contribution in [3.8, 4) is 5.75 Å². The first-order chi connectivity index (χ1) is 5.77. The van der Waals surface area contributed by atoms with Gasteiger partial charge in [0.1, 0.15) is 5.75 Å². The first-order valence-electron chi connectivity index (χ1n) is 3.50. The topological polar surface area (TPSA) is 64.7 Å². The average Bonchev–Trinajstić information content (AvgIpc) is 2.17. The number of methoxy groups -OCH3 is 1. The number of hydrogen-bond donors (Lipinski definition) is 1. The lowest BCUT2D eigenvalue weighted by Gasteiger charge is -2.04. The molecule has 2 N–H and O–H groups in total. The molecule has 4 heteroatoms. The second-order valence-electron chi connectivity index (χ2n) is 2.33. The SMILES string of the molecule is COc1cccc([C@@H](N)N=O)c1. The van der Waals surface area contributed by atoms with Gasteiger partial charge in [0.2, 0.25) is 0 Å². The molecule has 4 nitrogen and oxygen atoms in total. The predicted molar refractivity (Wildman–Crippen MR) is 45.7 cm³/mol. The van der Waals surface area contributed by atoms with E-state index in [0.717, 1.165) is 0 Å². The molecule has 0 radical (unpaired) electrons. The zero-order chi connectivity index (χ0) is 8.97. The Labute approximate surface area is 70.3 Å². The van der Waals surface area contributed by atoms with Gasteiger partial charge in [-0.3, -0.25) is 0 Å². The summed E-state index contributed by atoms with van der Waals surface area (Å²) in [6, 6.07) is 6.96. The van der Waals surface area contributed by atoms with E-state index < -0.39 is 6.17 Å². The Morgan fingerprint density at radius 2 is 2.33 bits per heavy atom. The monoisotopic (exact) mass is 166 g/mol. The van der Waals surface area contributed by atoms with Crippen molar-refractivity contribution in [1.82, 2.24) is 0 Å². The smallest absolute Gasteiger partial charge is 0.165 e. The lowest BCUT2D eigenvalue weighted by atomic mass is 10.2. The molecule has 1 atom stereocenters. The predicted octanol–water partition coefficient (Wildman–Crippen LogP) is 1.42. The van der Waals surface area contributed by atoms with E-state index in [-0.39, 0.29) is 0 Å². The van der Waals surface area contributed by atoms with Gasteiger partial charge < -0.3 is 10.5 Å². The van der Waals surface area contributed by atoms with Gasteiger partial charge >= 0.3 is 0 Å². The Balaban J connectivity index is 2.93. The van der Waals surface area contributed by atoms with Crippen LogP contribution in [0.15, 0.2) is 29.4 Å². The van der Waals surface area contributed by atoms with Crippen molar-refractivity contribution in [2.45, 2.75) is 6.17 Å². The molecule has 1 aromatic rings. The molecule has 0 amide bonds. The zero-order valence-electron chi connectivity index (χ0n) is 6.73. The molecule has 0 spiro atoms. The first-order valence-corrected chi connectivity index (χ1v) is 3.50. The number of nitrogens with zero attached hydrogens (tertiary/aromatic N) is 1. The maximum Gasteiger partial charge on any atom is 0.165 e. The van der Waals surface area contributed by atoms with E-state index >= 15 is 0 Å². The molecule has 0 saturated carbocycles. The number of nitroso groups, excluding NO2 is 1. The van der Waals surface area contributed by atoms with Crippen LogP contribution in [0.1, 0.15) is 11.7 Å². The molecular weight excluding hydrogens is 156 g/mol. The molecule has 0 saturated heterocycles. The van der Waals surface area contributed by atoms with Gasteiger partial charge in [-0.2, -0.15) is 0 Å².